The maximum absolute atomic E-state index is 13.2. The fourth-order valence-electron chi connectivity index (χ4n) is 2.62. The van der Waals surface area contributed by atoms with Crippen molar-refractivity contribution in [2.45, 2.75) is 13.8 Å². The molecule has 0 radical (unpaired) electrons. The number of rotatable bonds is 4. The minimum Gasteiger partial charge on any atom is -0.369 e. The standard InChI is InChI=1S/C18H19FN4S/c1-12-9-16(17-10-24-18(21-17)20-11-22(3)4)13(2)23(12)15-7-5-14(19)6-8-15/h5-11H,1-4H3/b20-11+. The average molecular weight is 342 g/mol. The predicted molar refractivity (Wildman–Crippen MR) is 98.1 cm³/mol. The van der Waals surface area contributed by atoms with Gasteiger partial charge in [-0.3, -0.25) is 0 Å². The van der Waals surface area contributed by atoms with Gasteiger partial charge in [0, 0.05) is 42.1 Å². The Balaban J connectivity index is 1.99. The lowest BCUT2D eigenvalue weighted by atomic mass is 10.2. The van der Waals surface area contributed by atoms with E-state index < -0.39 is 0 Å². The third-order valence-corrected chi connectivity index (χ3v) is 4.43. The Morgan fingerprint density at radius 2 is 1.92 bits per heavy atom. The number of aromatic nitrogens is 2. The van der Waals surface area contributed by atoms with E-state index >= 15 is 0 Å². The zero-order valence-corrected chi connectivity index (χ0v) is 14.9. The number of hydrogen-bond acceptors (Lipinski definition) is 3. The number of aryl methyl sites for hydroxylation is 1. The van der Waals surface area contributed by atoms with Crippen LogP contribution in [0, 0.1) is 19.7 Å². The summed E-state index contributed by atoms with van der Waals surface area (Å²) in [7, 11) is 3.85. The van der Waals surface area contributed by atoms with Crippen molar-refractivity contribution < 1.29 is 4.39 Å². The van der Waals surface area contributed by atoms with E-state index in [2.05, 4.69) is 20.6 Å². The number of hydrogen-bond donors (Lipinski definition) is 0. The van der Waals surface area contributed by atoms with Crippen LogP contribution in [0.1, 0.15) is 11.4 Å². The van der Waals surface area contributed by atoms with Gasteiger partial charge in [0.1, 0.15) is 5.82 Å². The van der Waals surface area contributed by atoms with Crippen LogP contribution in [0.2, 0.25) is 0 Å². The molecule has 0 fully saturated rings. The van der Waals surface area contributed by atoms with Crippen LogP contribution in [0.25, 0.3) is 16.9 Å². The van der Waals surface area contributed by atoms with Crippen LogP contribution in [-0.4, -0.2) is 34.9 Å². The summed E-state index contributed by atoms with van der Waals surface area (Å²) in [4.78, 5) is 10.8. The molecule has 0 aliphatic heterocycles. The van der Waals surface area contributed by atoms with Crippen molar-refractivity contribution in [2.75, 3.05) is 14.1 Å². The van der Waals surface area contributed by atoms with Crippen molar-refractivity contribution in [3.05, 3.63) is 52.9 Å². The first kappa shape index (κ1) is 16.4. The molecule has 0 amide bonds. The molecule has 0 aliphatic rings. The van der Waals surface area contributed by atoms with Gasteiger partial charge in [-0.05, 0) is 44.2 Å². The molecule has 0 spiro atoms. The van der Waals surface area contributed by atoms with Crippen molar-refractivity contribution >= 4 is 22.8 Å². The summed E-state index contributed by atoms with van der Waals surface area (Å²) >= 11 is 1.51. The predicted octanol–water partition coefficient (Wildman–Crippen LogP) is 4.58. The molecule has 1 aromatic carbocycles. The first-order chi connectivity index (χ1) is 11.5. The summed E-state index contributed by atoms with van der Waals surface area (Å²) in [6.07, 6.45) is 1.74. The lowest BCUT2D eigenvalue weighted by Crippen LogP contribution is -2.06. The highest BCUT2D eigenvalue weighted by Crippen LogP contribution is 2.32. The maximum atomic E-state index is 13.2. The summed E-state index contributed by atoms with van der Waals surface area (Å²) in [5.74, 6) is -0.232. The van der Waals surface area contributed by atoms with Crippen LogP contribution in [-0.2, 0) is 0 Å². The zero-order valence-electron chi connectivity index (χ0n) is 14.1. The van der Waals surface area contributed by atoms with Crippen LogP contribution in [0.15, 0.2) is 40.7 Å². The molecule has 124 valence electrons. The largest absolute Gasteiger partial charge is 0.369 e. The molecule has 0 aliphatic carbocycles. The van der Waals surface area contributed by atoms with E-state index in [9.17, 15) is 4.39 Å². The Bertz CT molecular complexity index is 875. The first-order valence-corrected chi connectivity index (χ1v) is 8.45. The van der Waals surface area contributed by atoms with Gasteiger partial charge < -0.3 is 9.47 Å². The number of aliphatic imine (C=N–C) groups is 1. The number of thiazole rings is 1. The van der Waals surface area contributed by atoms with Crippen molar-refractivity contribution in [1.29, 1.82) is 0 Å². The SMILES string of the molecule is Cc1cc(-c2csc(/N=C/N(C)C)n2)c(C)n1-c1ccc(F)cc1. The summed E-state index contributed by atoms with van der Waals surface area (Å²) in [6, 6.07) is 8.63. The number of halogens is 1. The van der Waals surface area contributed by atoms with Crippen LogP contribution < -0.4 is 0 Å². The third kappa shape index (κ3) is 3.23. The number of benzene rings is 1. The molecule has 4 nitrogen and oxygen atoms in total. The summed E-state index contributed by atoms with van der Waals surface area (Å²) in [6.45, 7) is 4.09. The van der Waals surface area contributed by atoms with Crippen molar-refractivity contribution in [2.24, 2.45) is 4.99 Å². The van der Waals surface area contributed by atoms with Crippen LogP contribution >= 0.6 is 11.3 Å². The molecule has 0 atom stereocenters. The zero-order chi connectivity index (χ0) is 17.3. The lowest BCUT2D eigenvalue weighted by Gasteiger charge is -2.09. The van der Waals surface area contributed by atoms with E-state index in [1.165, 1.54) is 23.5 Å². The minimum absolute atomic E-state index is 0.232. The molecule has 0 saturated carbocycles. The van der Waals surface area contributed by atoms with Gasteiger partial charge >= 0.3 is 0 Å². The van der Waals surface area contributed by atoms with Gasteiger partial charge in [-0.25, -0.2) is 14.4 Å². The van der Waals surface area contributed by atoms with Crippen LogP contribution in [0.4, 0.5) is 9.52 Å². The van der Waals surface area contributed by atoms with Gasteiger partial charge in [-0.15, -0.1) is 11.3 Å². The van der Waals surface area contributed by atoms with Crippen molar-refractivity contribution in [3.63, 3.8) is 0 Å². The molecule has 6 heteroatoms. The fourth-order valence-corrected chi connectivity index (χ4v) is 3.28. The molecule has 3 rings (SSSR count). The van der Waals surface area contributed by atoms with Gasteiger partial charge in [-0.1, -0.05) is 0 Å². The Kier molecular flexibility index (Phi) is 4.49. The Morgan fingerprint density at radius 1 is 1.21 bits per heavy atom. The van der Waals surface area contributed by atoms with Crippen LogP contribution in [0.5, 0.6) is 0 Å². The Hall–Kier alpha value is -2.47. The molecule has 3 aromatic rings. The molecule has 0 N–H and O–H groups in total. The molecule has 2 heterocycles. The molecule has 2 aromatic heterocycles. The smallest absolute Gasteiger partial charge is 0.211 e. The van der Waals surface area contributed by atoms with Gasteiger partial charge in [0.15, 0.2) is 0 Å². The second kappa shape index (κ2) is 6.57. The summed E-state index contributed by atoms with van der Waals surface area (Å²) in [5, 5.41) is 2.74. The van der Waals surface area contributed by atoms with E-state index in [4.69, 9.17) is 0 Å². The summed E-state index contributed by atoms with van der Waals surface area (Å²) < 4.78 is 15.3. The van der Waals surface area contributed by atoms with E-state index in [0.717, 1.165) is 33.5 Å². The van der Waals surface area contributed by atoms with Gasteiger partial charge in [0.05, 0.1) is 12.0 Å². The summed E-state index contributed by atoms with van der Waals surface area (Å²) in [5.41, 5.74) is 5.08. The monoisotopic (exact) mass is 342 g/mol. The molecular weight excluding hydrogens is 323 g/mol. The van der Waals surface area contributed by atoms with E-state index in [1.54, 1.807) is 18.5 Å². The molecule has 0 saturated heterocycles. The van der Waals surface area contributed by atoms with Crippen molar-refractivity contribution in [1.82, 2.24) is 14.5 Å². The lowest BCUT2D eigenvalue weighted by molar-refractivity contribution is 0.627. The second-order valence-corrected chi connectivity index (χ2v) is 6.66. The molecular formula is C18H19FN4S. The van der Waals surface area contributed by atoms with Crippen molar-refractivity contribution in [3.8, 4) is 16.9 Å². The highest BCUT2D eigenvalue weighted by Gasteiger charge is 2.14. The second-order valence-electron chi connectivity index (χ2n) is 5.82. The van der Waals surface area contributed by atoms with E-state index in [-0.39, 0.29) is 5.82 Å². The normalized spacial score (nSPS) is 11.4. The molecule has 24 heavy (non-hydrogen) atoms. The van der Waals surface area contributed by atoms with Gasteiger partial charge in [-0.2, -0.15) is 0 Å². The molecule has 0 unspecified atom stereocenters. The van der Waals surface area contributed by atoms with E-state index in [0.29, 0.717) is 0 Å². The third-order valence-electron chi connectivity index (χ3n) is 3.68. The maximum Gasteiger partial charge on any atom is 0.211 e. The molecule has 0 bridgehead atoms. The number of nitrogens with zero attached hydrogens (tertiary/aromatic N) is 4. The minimum atomic E-state index is -0.232. The van der Waals surface area contributed by atoms with Gasteiger partial charge in [0.2, 0.25) is 5.13 Å². The van der Waals surface area contributed by atoms with Crippen LogP contribution in [0.3, 0.4) is 0 Å². The Labute approximate surface area is 144 Å². The first-order valence-electron chi connectivity index (χ1n) is 7.57. The topological polar surface area (TPSA) is 33.4 Å². The quantitative estimate of drug-likeness (QED) is 0.514. The highest BCUT2D eigenvalue weighted by atomic mass is 32.1. The van der Waals surface area contributed by atoms with Gasteiger partial charge in [0.25, 0.3) is 0 Å². The average Bonchev–Trinajstić information content (AvgIpc) is 3.11. The highest BCUT2D eigenvalue weighted by molar-refractivity contribution is 7.13. The fraction of sp³-hybridized carbons (Fsp3) is 0.222. The Morgan fingerprint density at radius 3 is 2.58 bits per heavy atom. The van der Waals surface area contributed by atoms with E-state index in [1.807, 2.05) is 38.2 Å².